The molecule has 0 heterocycles. The molecule has 84 valence electrons. The van der Waals surface area contributed by atoms with Gasteiger partial charge in [-0.2, -0.15) is 0 Å². The number of rotatable bonds is 5. The topological polar surface area (TPSA) is 35.5 Å². The van der Waals surface area contributed by atoms with Crippen molar-refractivity contribution in [1.82, 2.24) is 0 Å². The predicted octanol–water partition coefficient (Wildman–Crippen LogP) is 2.35. The molecule has 0 amide bonds. The summed E-state index contributed by atoms with van der Waals surface area (Å²) in [7, 11) is 1.34. The summed E-state index contributed by atoms with van der Waals surface area (Å²) >= 11 is 0. The highest BCUT2D eigenvalue weighted by molar-refractivity contribution is 5.82. The SMILES string of the molecule is COC(=O)/C=C/C=C/COc1ccccc1. The molecule has 0 saturated carbocycles. The van der Waals surface area contributed by atoms with Crippen LogP contribution in [-0.2, 0) is 9.53 Å². The normalized spacial score (nSPS) is 10.8. The molecule has 0 aromatic heterocycles. The molecule has 0 spiro atoms. The highest BCUT2D eigenvalue weighted by atomic mass is 16.5. The first-order valence-corrected chi connectivity index (χ1v) is 4.92. The third-order valence-corrected chi connectivity index (χ3v) is 1.77. The van der Waals surface area contributed by atoms with Crippen molar-refractivity contribution >= 4 is 5.97 Å². The van der Waals surface area contributed by atoms with Gasteiger partial charge in [0.25, 0.3) is 0 Å². The molecule has 0 saturated heterocycles. The maximum atomic E-state index is 10.7. The molecule has 3 nitrogen and oxygen atoms in total. The zero-order chi connectivity index (χ0) is 11.6. The van der Waals surface area contributed by atoms with E-state index in [1.165, 1.54) is 13.2 Å². The summed E-state index contributed by atoms with van der Waals surface area (Å²) in [4.78, 5) is 10.7. The molecule has 0 fully saturated rings. The lowest BCUT2D eigenvalue weighted by atomic mass is 10.3. The van der Waals surface area contributed by atoms with Gasteiger partial charge in [-0.25, -0.2) is 4.79 Å². The van der Waals surface area contributed by atoms with Gasteiger partial charge in [0.15, 0.2) is 0 Å². The number of hydrogen-bond acceptors (Lipinski definition) is 3. The van der Waals surface area contributed by atoms with E-state index >= 15 is 0 Å². The molecule has 0 aliphatic rings. The number of allylic oxidation sites excluding steroid dienone is 2. The van der Waals surface area contributed by atoms with Crippen LogP contribution in [0.4, 0.5) is 0 Å². The van der Waals surface area contributed by atoms with Gasteiger partial charge in [-0.05, 0) is 18.2 Å². The van der Waals surface area contributed by atoms with E-state index in [1.807, 2.05) is 36.4 Å². The summed E-state index contributed by atoms with van der Waals surface area (Å²) < 4.78 is 9.84. The summed E-state index contributed by atoms with van der Waals surface area (Å²) in [6.45, 7) is 0.468. The molecule has 1 aromatic carbocycles. The maximum Gasteiger partial charge on any atom is 0.330 e. The van der Waals surface area contributed by atoms with Crippen LogP contribution in [0.2, 0.25) is 0 Å². The summed E-state index contributed by atoms with van der Waals surface area (Å²) in [5.74, 6) is 0.456. The lowest BCUT2D eigenvalue weighted by molar-refractivity contribution is -0.134. The molecule has 0 N–H and O–H groups in total. The molecule has 0 aliphatic carbocycles. The zero-order valence-corrected chi connectivity index (χ0v) is 9.13. The van der Waals surface area contributed by atoms with Crippen LogP contribution in [0.25, 0.3) is 0 Å². The Bertz CT molecular complexity index is 366. The molecule has 1 aromatic rings. The van der Waals surface area contributed by atoms with E-state index in [9.17, 15) is 4.79 Å². The molecule has 1 rings (SSSR count). The highest BCUT2D eigenvalue weighted by Crippen LogP contribution is 2.07. The molecule has 0 unspecified atom stereocenters. The van der Waals surface area contributed by atoms with Gasteiger partial charge < -0.3 is 9.47 Å². The summed E-state index contributed by atoms with van der Waals surface area (Å²) in [6, 6.07) is 9.53. The molecular weight excluding hydrogens is 204 g/mol. The van der Waals surface area contributed by atoms with Crippen LogP contribution >= 0.6 is 0 Å². The standard InChI is InChI=1S/C13H14O3/c1-15-13(14)10-6-3-7-11-16-12-8-4-2-5-9-12/h2-10H,11H2,1H3/b7-3+,10-6+. The second kappa shape index (κ2) is 7.29. The van der Waals surface area contributed by atoms with Crippen molar-refractivity contribution in [3.63, 3.8) is 0 Å². The van der Waals surface area contributed by atoms with Crippen molar-refractivity contribution in [1.29, 1.82) is 0 Å². The number of carbonyl (C=O) groups excluding carboxylic acids is 1. The van der Waals surface area contributed by atoms with Crippen molar-refractivity contribution < 1.29 is 14.3 Å². The number of hydrogen-bond donors (Lipinski definition) is 0. The highest BCUT2D eigenvalue weighted by Gasteiger charge is 1.88. The average molecular weight is 218 g/mol. The molecule has 0 radical (unpaired) electrons. The number of para-hydroxylation sites is 1. The Morgan fingerprint density at radius 3 is 2.69 bits per heavy atom. The Morgan fingerprint density at radius 1 is 1.25 bits per heavy atom. The quantitative estimate of drug-likeness (QED) is 0.432. The minimum absolute atomic E-state index is 0.367. The lowest BCUT2D eigenvalue weighted by Gasteiger charge is -2.00. The molecular formula is C13H14O3. The minimum atomic E-state index is -0.367. The van der Waals surface area contributed by atoms with E-state index in [1.54, 1.807) is 12.2 Å². The first kappa shape index (κ1) is 12.0. The molecule has 0 atom stereocenters. The van der Waals surface area contributed by atoms with E-state index in [-0.39, 0.29) is 5.97 Å². The lowest BCUT2D eigenvalue weighted by Crippen LogP contribution is -1.93. The van der Waals surface area contributed by atoms with Crippen molar-refractivity contribution in [2.75, 3.05) is 13.7 Å². The smallest absolute Gasteiger partial charge is 0.330 e. The van der Waals surface area contributed by atoms with Gasteiger partial charge in [0.1, 0.15) is 12.4 Å². The van der Waals surface area contributed by atoms with Crippen LogP contribution in [0.3, 0.4) is 0 Å². The van der Waals surface area contributed by atoms with Crippen molar-refractivity contribution in [2.24, 2.45) is 0 Å². The van der Waals surface area contributed by atoms with Crippen LogP contribution in [0.1, 0.15) is 0 Å². The van der Waals surface area contributed by atoms with E-state index in [0.29, 0.717) is 6.61 Å². The van der Waals surface area contributed by atoms with Gasteiger partial charge in [-0.1, -0.05) is 30.4 Å². The molecule has 16 heavy (non-hydrogen) atoms. The van der Waals surface area contributed by atoms with Crippen molar-refractivity contribution in [3.8, 4) is 5.75 Å². The Labute approximate surface area is 95.0 Å². The van der Waals surface area contributed by atoms with Gasteiger partial charge >= 0.3 is 5.97 Å². The summed E-state index contributed by atoms with van der Waals surface area (Å²) in [5.41, 5.74) is 0. The van der Waals surface area contributed by atoms with E-state index in [4.69, 9.17) is 4.74 Å². The Kier molecular flexibility index (Phi) is 5.48. The third-order valence-electron chi connectivity index (χ3n) is 1.77. The Morgan fingerprint density at radius 2 is 2.00 bits per heavy atom. The van der Waals surface area contributed by atoms with E-state index in [0.717, 1.165) is 5.75 Å². The number of carbonyl (C=O) groups is 1. The zero-order valence-electron chi connectivity index (χ0n) is 9.13. The molecule has 0 bridgehead atoms. The van der Waals surface area contributed by atoms with Crippen LogP contribution < -0.4 is 4.74 Å². The minimum Gasteiger partial charge on any atom is -0.490 e. The van der Waals surface area contributed by atoms with Crippen LogP contribution in [0.5, 0.6) is 5.75 Å². The fourth-order valence-electron chi connectivity index (χ4n) is 0.997. The van der Waals surface area contributed by atoms with E-state index < -0.39 is 0 Å². The summed E-state index contributed by atoms with van der Waals surface area (Å²) in [6.07, 6.45) is 6.51. The van der Waals surface area contributed by atoms with E-state index in [2.05, 4.69) is 4.74 Å². The van der Waals surface area contributed by atoms with Crippen molar-refractivity contribution in [2.45, 2.75) is 0 Å². The Balaban J connectivity index is 2.23. The largest absolute Gasteiger partial charge is 0.490 e. The number of benzene rings is 1. The van der Waals surface area contributed by atoms with Gasteiger partial charge in [0.05, 0.1) is 7.11 Å². The number of ether oxygens (including phenoxy) is 2. The van der Waals surface area contributed by atoms with Gasteiger partial charge in [-0.15, -0.1) is 0 Å². The fourth-order valence-corrected chi connectivity index (χ4v) is 0.997. The number of esters is 1. The van der Waals surface area contributed by atoms with Crippen LogP contribution in [0.15, 0.2) is 54.6 Å². The van der Waals surface area contributed by atoms with Gasteiger partial charge in [0.2, 0.25) is 0 Å². The first-order valence-electron chi connectivity index (χ1n) is 4.92. The Hall–Kier alpha value is -2.03. The predicted molar refractivity (Wildman–Crippen MR) is 62.2 cm³/mol. The second-order valence-electron chi connectivity index (χ2n) is 2.93. The third kappa shape index (κ3) is 5.00. The molecule has 3 heteroatoms. The van der Waals surface area contributed by atoms with Crippen LogP contribution in [0, 0.1) is 0 Å². The fraction of sp³-hybridized carbons (Fsp3) is 0.154. The average Bonchev–Trinajstić information content (AvgIpc) is 2.34. The molecule has 0 aliphatic heterocycles. The maximum absolute atomic E-state index is 10.7. The first-order chi connectivity index (χ1) is 7.83. The van der Waals surface area contributed by atoms with Crippen molar-refractivity contribution in [3.05, 3.63) is 54.6 Å². The van der Waals surface area contributed by atoms with Gasteiger partial charge in [0, 0.05) is 6.08 Å². The number of methoxy groups -OCH3 is 1. The second-order valence-corrected chi connectivity index (χ2v) is 2.93. The van der Waals surface area contributed by atoms with Crippen LogP contribution in [-0.4, -0.2) is 19.7 Å². The van der Waals surface area contributed by atoms with Gasteiger partial charge in [-0.3, -0.25) is 0 Å². The summed E-state index contributed by atoms with van der Waals surface area (Å²) in [5, 5.41) is 0. The monoisotopic (exact) mass is 218 g/mol.